The Morgan fingerprint density at radius 3 is 2.37 bits per heavy atom. The number of methoxy groups -OCH3 is 1. The zero-order valence-electron chi connectivity index (χ0n) is 10.9. The lowest BCUT2D eigenvalue weighted by Crippen LogP contribution is -2.29. The Bertz CT molecular complexity index is 512. The van der Waals surface area contributed by atoms with Crippen molar-refractivity contribution in [3.63, 3.8) is 0 Å². The summed E-state index contributed by atoms with van der Waals surface area (Å²) in [5, 5.41) is 5.04. The van der Waals surface area contributed by atoms with Gasteiger partial charge in [-0.2, -0.15) is 0 Å². The first-order valence-electron chi connectivity index (χ1n) is 6.31. The maximum absolute atomic E-state index is 11.1. The van der Waals surface area contributed by atoms with E-state index in [4.69, 9.17) is 14.6 Å². The van der Waals surface area contributed by atoms with Crippen LogP contribution in [0.25, 0.3) is 0 Å². The van der Waals surface area contributed by atoms with Crippen molar-refractivity contribution < 1.29 is 17.9 Å². The zero-order valence-corrected chi connectivity index (χ0v) is 11.7. The summed E-state index contributed by atoms with van der Waals surface area (Å²) in [4.78, 5) is 0.0956. The van der Waals surface area contributed by atoms with Crippen LogP contribution in [0.5, 0.6) is 5.75 Å². The lowest BCUT2D eigenvalue weighted by molar-refractivity contribution is 0.0209. The molecule has 5 nitrogen and oxygen atoms in total. The van der Waals surface area contributed by atoms with Gasteiger partial charge < -0.3 is 9.47 Å². The third kappa shape index (κ3) is 3.92. The number of ether oxygens (including phenoxy) is 2. The summed E-state index contributed by atoms with van der Waals surface area (Å²) >= 11 is 0. The van der Waals surface area contributed by atoms with Crippen LogP contribution in [0.4, 0.5) is 0 Å². The Morgan fingerprint density at radius 1 is 1.16 bits per heavy atom. The number of sulfonamides is 1. The smallest absolute Gasteiger partial charge is 0.238 e. The van der Waals surface area contributed by atoms with E-state index in [1.807, 2.05) is 0 Å². The molecule has 0 amide bonds. The van der Waals surface area contributed by atoms with E-state index in [0.29, 0.717) is 5.75 Å². The largest absolute Gasteiger partial charge is 0.490 e. The van der Waals surface area contributed by atoms with Crippen molar-refractivity contribution in [3.05, 3.63) is 24.3 Å². The third-order valence-corrected chi connectivity index (χ3v) is 4.30. The highest BCUT2D eigenvalue weighted by Crippen LogP contribution is 2.25. The van der Waals surface area contributed by atoms with Crippen molar-refractivity contribution in [2.75, 3.05) is 7.11 Å². The van der Waals surface area contributed by atoms with Gasteiger partial charge in [0.1, 0.15) is 11.9 Å². The molecule has 2 atom stereocenters. The summed E-state index contributed by atoms with van der Waals surface area (Å²) in [6.45, 7) is 0. The van der Waals surface area contributed by atoms with Crippen molar-refractivity contribution in [2.24, 2.45) is 5.14 Å². The monoisotopic (exact) mass is 285 g/mol. The molecule has 0 bridgehead atoms. The molecule has 0 radical (unpaired) electrons. The predicted octanol–water partition coefficient (Wildman–Crippen LogP) is 1.67. The fraction of sp³-hybridized carbons (Fsp3) is 0.538. The summed E-state index contributed by atoms with van der Waals surface area (Å²) < 4.78 is 33.5. The minimum absolute atomic E-state index is 0.0956. The molecule has 1 fully saturated rings. The second-order valence-corrected chi connectivity index (χ2v) is 6.34. The minimum atomic E-state index is -3.64. The van der Waals surface area contributed by atoms with Crippen LogP contribution in [-0.4, -0.2) is 27.7 Å². The molecule has 6 heteroatoms. The van der Waals surface area contributed by atoms with Crippen LogP contribution in [0.15, 0.2) is 29.2 Å². The van der Waals surface area contributed by atoms with Gasteiger partial charge in [-0.15, -0.1) is 0 Å². The van der Waals surface area contributed by atoms with Gasteiger partial charge in [0, 0.05) is 13.5 Å². The number of benzene rings is 1. The molecular weight excluding hydrogens is 266 g/mol. The van der Waals surface area contributed by atoms with Crippen LogP contribution < -0.4 is 9.88 Å². The highest BCUT2D eigenvalue weighted by molar-refractivity contribution is 7.89. The van der Waals surface area contributed by atoms with Crippen molar-refractivity contribution in [1.29, 1.82) is 0 Å². The van der Waals surface area contributed by atoms with Crippen molar-refractivity contribution >= 4 is 10.0 Å². The molecule has 1 saturated carbocycles. The average molecular weight is 285 g/mol. The van der Waals surface area contributed by atoms with Gasteiger partial charge in [0.2, 0.25) is 10.0 Å². The summed E-state index contributed by atoms with van der Waals surface area (Å²) in [6, 6.07) is 6.19. The van der Waals surface area contributed by atoms with E-state index in [2.05, 4.69) is 0 Å². The van der Waals surface area contributed by atoms with E-state index in [1.165, 1.54) is 12.1 Å². The van der Waals surface area contributed by atoms with Crippen molar-refractivity contribution in [1.82, 2.24) is 0 Å². The van der Waals surface area contributed by atoms with Gasteiger partial charge in [-0.3, -0.25) is 0 Å². The van der Waals surface area contributed by atoms with Gasteiger partial charge in [-0.05, 0) is 43.5 Å². The fourth-order valence-corrected chi connectivity index (χ4v) is 2.84. The highest BCUT2D eigenvalue weighted by Gasteiger charge is 2.23. The number of hydrogen-bond acceptors (Lipinski definition) is 4. The average Bonchev–Trinajstić information content (AvgIpc) is 2.38. The van der Waals surface area contributed by atoms with E-state index in [-0.39, 0.29) is 17.1 Å². The zero-order chi connectivity index (χ0) is 13.9. The maximum atomic E-state index is 11.1. The molecule has 2 N–H and O–H groups in total. The predicted molar refractivity (Wildman–Crippen MR) is 71.5 cm³/mol. The molecule has 2 unspecified atom stereocenters. The molecule has 1 aromatic rings. The van der Waals surface area contributed by atoms with E-state index in [9.17, 15) is 8.42 Å². The molecule has 0 aliphatic heterocycles. The van der Waals surface area contributed by atoms with E-state index < -0.39 is 10.0 Å². The molecule has 0 heterocycles. The Morgan fingerprint density at radius 2 is 1.79 bits per heavy atom. The minimum Gasteiger partial charge on any atom is -0.490 e. The molecule has 106 valence electrons. The standard InChI is InChI=1S/C13H19NO4S/c1-17-11-3-2-4-12(9-11)18-10-5-7-13(8-6-10)19(14,15)16/h5-8,11-12H,2-4,9H2,1H3,(H2,14,15,16). The lowest BCUT2D eigenvalue weighted by atomic mass is 9.95. The maximum Gasteiger partial charge on any atom is 0.238 e. The highest BCUT2D eigenvalue weighted by atomic mass is 32.2. The lowest BCUT2D eigenvalue weighted by Gasteiger charge is -2.28. The normalized spacial score (nSPS) is 24.1. The van der Waals surface area contributed by atoms with Gasteiger partial charge in [0.25, 0.3) is 0 Å². The fourth-order valence-electron chi connectivity index (χ4n) is 2.32. The SMILES string of the molecule is COC1CCCC(Oc2ccc(S(N)(=O)=O)cc2)C1. The van der Waals surface area contributed by atoms with E-state index in [0.717, 1.165) is 25.7 Å². The van der Waals surface area contributed by atoms with Crippen LogP contribution in [0, 0.1) is 0 Å². The van der Waals surface area contributed by atoms with Crippen LogP contribution >= 0.6 is 0 Å². The Balaban J connectivity index is 2.00. The van der Waals surface area contributed by atoms with E-state index >= 15 is 0 Å². The Kier molecular flexibility index (Phi) is 4.44. The third-order valence-electron chi connectivity index (χ3n) is 3.37. The first kappa shape index (κ1) is 14.3. The van der Waals surface area contributed by atoms with Crippen LogP contribution in [0.3, 0.4) is 0 Å². The molecule has 1 aliphatic rings. The number of hydrogen-bond donors (Lipinski definition) is 1. The number of nitrogens with two attached hydrogens (primary N) is 1. The first-order chi connectivity index (χ1) is 8.99. The summed E-state index contributed by atoms with van der Waals surface area (Å²) in [5.41, 5.74) is 0. The molecule has 0 spiro atoms. The Labute approximate surface area is 113 Å². The van der Waals surface area contributed by atoms with Gasteiger partial charge >= 0.3 is 0 Å². The van der Waals surface area contributed by atoms with Gasteiger partial charge in [-0.25, -0.2) is 13.6 Å². The van der Waals surface area contributed by atoms with E-state index in [1.54, 1.807) is 19.2 Å². The second kappa shape index (κ2) is 5.90. The van der Waals surface area contributed by atoms with Gasteiger partial charge in [-0.1, -0.05) is 0 Å². The molecule has 0 saturated heterocycles. The van der Waals surface area contributed by atoms with Crippen LogP contribution in [0.2, 0.25) is 0 Å². The molecular formula is C13H19NO4S. The van der Waals surface area contributed by atoms with Gasteiger partial charge in [0.15, 0.2) is 0 Å². The first-order valence-corrected chi connectivity index (χ1v) is 7.86. The van der Waals surface area contributed by atoms with Crippen molar-refractivity contribution in [2.45, 2.75) is 42.8 Å². The molecule has 1 aromatic carbocycles. The second-order valence-electron chi connectivity index (χ2n) is 4.78. The molecule has 2 rings (SSSR count). The Hall–Kier alpha value is -1.11. The number of rotatable bonds is 4. The summed E-state index contributed by atoms with van der Waals surface area (Å²) in [5.74, 6) is 0.661. The molecule has 19 heavy (non-hydrogen) atoms. The van der Waals surface area contributed by atoms with Gasteiger partial charge in [0.05, 0.1) is 11.0 Å². The molecule has 0 aromatic heterocycles. The topological polar surface area (TPSA) is 78.6 Å². The summed E-state index contributed by atoms with van der Waals surface area (Å²) in [6.07, 6.45) is 4.39. The van der Waals surface area contributed by atoms with Crippen LogP contribution in [0.1, 0.15) is 25.7 Å². The number of primary sulfonamides is 1. The quantitative estimate of drug-likeness (QED) is 0.912. The van der Waals surface area contributed by atoms with Crippen LogP contribution in [-0.2, 0) is 14.8 Å². The molecule has 1 aliphatic carbocycles. The van der Waals surface area contributed by atoms with Crippen molar-refractivity contribution in [3.8, 4) is 5.75 Å². The summed E-state index contributed by atoms with van der Waals surface area (Å²) in [7, 11) is -1.92.